The minimum atomic E-state index is 0.431. The maximum Gasteiger partial charge on any atom is 0.293 e. The van der Waals surface area contributed by atoms with Gasteiger partial charge in [0.25, 0.3) is 6.47 Å². The van der Waals surface area contributed by atoms with E-state index < -0.39 is 0 Å². The molecule has 1 aromatic rings. The average Bonchev–Trinajstić information content (AvgIpc) is 2.43. The molecule has 0 atom stereocenters. The van der Waals surface area contributed by atoms with Gasteiger partial charge < -0.3 is 10.6 Å². The van der Waals surface area contributed by atoms with E-state index in [1.54, 1.807) is 19.3 Å². The van der Waals surface area contributed by atoms with Crippen LogP contribution in [0.3, 0.4) is 0 Å². The number of ether oxygens (including phenoxy) is 1. The SMILES string of the molecule is CCOC=O.Nn1cccc1. The van der Waals surface area contributed by atoms with Gasteiger partial charge in [-0.3, -0.25) is 9.47 Å². The molecule has 0 saturated carbocycles. The van der Waals surface area contributed by atoms with Crippen molar-refractivity contribution in [2.75, 3.05) is 12.4 Å². The Morgan fingerprint density at radius 3 is 2.18 bits per heavy atom. The number of rotatable bonds is 2. The highest BCUT2D eigenvalue weighted by molar-refractivity contribution is 5.36. The number of aromatic nitrogens is 1. The molecule has 62 valence electrons. The number of carbonyl (C=O) groups excluding carboxylic acids is 1. The zero-order valence-electron chi connectivity index (χ0n) is 6.43. The maximum absolute atomic E-state index is 9.18. The lowest BCUT2D eigenvalue weighted by Gasteiger charge is -1.81. The van der Waals surface area contributed by atoms with E-state index in [1.165, 1.54) is 4.68 Å². The smallest absolute Gasteiger partial charge is 0.293 e. The van der Waals surface area contributed by atoms with Crippen molar-refractivity contribution in [2.24, 2.45) is 0 Å². The van der Waals surface area contributed by atoms with Crippen LogP contribution >= 0.6 is 0 Å². The number of hydrogen-bond donors (Lipinski definition) is 1. The van der Waals surface area contributed by atoms with Crippen LogP contribution in [0.1, 0.15) is 6.92 Å². The van der Waals surface area contributed by atoms with Crippen LogP contribution in [0.15, 0.2) is 24.5 Å². The Bertz CT molecular complexity index is 173. The molecule has 0 aliphatic heterocycles. The second-order valence-electron chi connectivity index (χ2n) is 1.68. The standard InChI is InChI=1S/C4H6N2.C3H6O2/c5-6-3-1-2-4-6;1-2-5-3-4/h1-4H,5H2;3H,2H2,1H3. The molecule has 11 heavy (non-hydrogen) atoms. The molecule has 0 fully saturated rings. The monoisotopic (exact) mass is 156 g/mol. The Hall–Kier alpha value is -1.45. The van der Waals surface area contributed by atoms with E-state index in [0.717, 1.165) is 0 Å². The van der Waals surface area contributed by atoms with Gasteiger partial charge in [0.05, 0.1) is 6.61 Å². The molecule has 0 radical (unpaired) electrons. The predicted octanol–water partition coefficient (Wildman–Crippen LogP) is 0.381. The Morgan fingerprint density at radius 1 is 1.55 bits per heavy atom. The van der Waals surface area contributed by atoms with Crippen LogP contribution < -0.4 is 5.84 Å². The van der Waals surface area contributed by atoms with Crippen molar-refractivity contribution < 1.29 is 9.53 Å². The first-order valence-electron chi connectivity index (χ1n) is 3.24. The molecule has 2 N–H and O–H groups in total. The van der Waals surface area contributed by atoms with E-state index in [2.05, 4.69) is 4.74 Å². The summed E-state index contributed by atoms with van der Waals surface area (Å²) in [5.74, 6) is 5.19. The van der Waals surface area contributed by atoms with E-state index in [9.17, 15) is 4.79 Å². The summed E-state index contributed by atoms with van der Waals surface area (Å²) in [6.07, 6.45) is 3.56. The molecular formula is C7H12N2O2. The fraction of sp³-hybridized carbons (Fsp3) is 0.286. The fourth-order valence-electron chi connectivity index (χ4n) is 0.416. The van der Waals surface area contributed by atoms with E-state index >= 15 is 0 Å². The van der Waals surface area contributed by atoms with Gasteiger partial charge in [-0.2, -0.15) is 0 Å². The third-order valence-electron chi connectivity index (χ3n) is 0.862. The topological polar surface area (TPSA) is 57.2 Å². The van der Waals surface area contributed by atoms with Gasteiger partial charge >= 0.3 is 0 Å². The molecule has 0 bridgehead atoms. The van der Waals surface area contributed by atoms with Crippen molar-refractivity contribution in [3.63, 3.8) is 0 Å². The second kappa shape index (κ2) is 6.67. The van der Waals surface area contributed by atoms with Crippen molar-refractivity contribution in [3.05, 3.63) is 24.5 Å². The fourth-order valence-corrected chi connectivity index (χ4v) is 0.416. The van der Waals surface area contributed by atoms with Crippen molar-refractivity contribution in [3.8, 4) is 0 Å². The van der Waals surface area contributed by atoms with Gasteiger partial charge in [-0.05, 0) is 19.1 Å². The molecule has 1 rings (SSSR count). The van der Waals surface area contributed by atoms with Gasteiger partial charge in [-0.25, -0.2) is 0 Å². The summed E-state index contributed by atoms with van der Waals surface area (Å²) in [6, 6.07) is 3.75. The van der Waals surface area contributed by atoms with Crippen molar-refractivity contribution in [2.45, 2.75) is 6.92 Å². The highest BCUT2D eigenvalue weighted by Gasteiger charge is 1.68. The van der Waals surface area contributed by atoms with Crippen LogP contribution in [0.2, 0.25) is 0 Å². The van der Waals surface area contributed by atoms with E-state index in [1.807, 2.05) is 12.1 Å². The van der Waals surface area contributed by atoms with Crippen molar-refractivity contribution >= 4 is 6.47 Å². The predicted molar refractivity (Wildman–Crippen MR) is 42.3 cm³/mol. The van der Waals surface area contributed by atoms with E-state index in [4.69, 9.17) is 5.84 Å². The molecule has 0 saturated heterocycles. The van der Waals surface area contributed by atoms with Gasteiger partial charge in [0.15, 0.2) is 0 Å². The summed E-state index contributed by atoms with van der Waals surface area (Å²) in [6.45, 7) is 2.66. The second-order valence-corrected chi connectivity index (χ2v) is 1.68. The van der Waals surface area contributed by atoms with Crippen LogP contribution in [0, 0.1) is 0 Å². The lowest BCUT2D eigenvalue weighted by Crippen LogP contribution is -2.02. The summed E-state index contributed by atoms with van der Waals surface area (Å²) < 4.78 is 5.65. The average molecular weight is 156 g/mol. The van der Waals surface area contributed by atoms with Gasteiger partial charge in [0, 0.05) is 12.4 Å². The highest BCUT2D eigenvalue weighted by atomic mass is 16.5. The first kappa shape index (κ1) is 9.55. The minimum absolute atomic E-state index is 0.431. The Morgan fingerprint density at radius 2 is 2.09 bits per heavy atom. The van der Waals surface area contributed by atoms with Crippen LogP contribution in [0.5, 0.6) is 0 Å². The third-order valence-corrected chi connectivity index (χ3v) is 0.862. The van der Waals surface area contributed by atoms with Crippen molar-refractivity contribution in [1.29, 1.82) is 0 Å². The van der Waals surface area contributed by atoms with Gasteiger partial charge in [0.1, 0.15) is 0 Å². The van der Waals surface area contributed by atoms with Gasteiger partial charge in [-0.15, -0.1) is 0 Å². The lowest BCUT2D eigenvalue weighted by atomic mass is 10.7. The molecule has 1 heterocycles. The molecule has 1 aromatic heterocycles. The summed E-state index contributed by atoms with van der Waals surface area (Å²) in [4.78, 5) is 9.18. The summed E-state index contributed by atoms with van der Waals surface area (Å²) >= 11 is 0. The number of nitrogen functional groups attached to an aromatic ring is 1. The molecule has 4 heteroatoms. The zero-order chi connectivity index (χ0) is 8.53. The minimum Gasteiger partial charge on any atom is -0.468 e. The number of carbonyl (C=O) groups is 1. The quantitative estimate of drug-likeness (QED) is 0.497. The number of hydrogen-bond acceptors (Lipinski definition) is 3. The molecule has 0 aliphatic rings. The molecule has 0 aliphatic carbocycles. The van der Waals surface area contributed by atoms with E-state index in [0.29, 0.717) is 13.1 Å². The Labute approximate surface area is 65.5 Å². The van der Waals surface area contributed by atoms with E-state index in [-0.39, 0.29) is 0 Å². The van der Waals surface area contributed by atoms with Crippen molar-refractivity contribution in [1.82, 2.24) is 4.68 Å². The molecular weight excluding hydrogens is 144 g/mol. The molecule has 0 aromatic carbocycles. The zero-order valence-corrected chi connectivity index (χ0v) is 6.43. The highest BCUT2D eigenvalue weighted by Crippen LogP contribution is 1.77. The largest absolute Gasteiger partial charge is 0.468 e. The molecule has 0 spiro atoms. The van der Waals surface area contributed by atoms with Gasteiger partial charge in [-0.1, -0.05) is 0 Å². The van der Waals surface area contributed by atoms with Crippen LogP contribution in [-0.4, -0.2) is 17.8 Å². The first-order chi connectivity index (χ1) is 5.31. The Kier molecular flexibility index (Phi) is 5.79. The van der Waals surface area contributed by atoms with Gasteiger partial charge in [0.2, 0.25) is 0 Å². The first-order valence-corrected chi connectivity index (χ1v) is 3.24. The third kappa shape index (κ3) is 6.44. The van der Waals surface area contributed by atoms with Crippen LogP contribution in [0.4, 0.5) is 0 Å². The summed E-state index contributed by atoms with van der Waals surface area (Å²) in [7, 11) is 0. The van der Waals surface area contributed by atoms with Crippen LogP contribution in [-0.2, 0) is 9.53 Å². The molecule has 0 amide bonds. The molecule has 4 nitrogen and oxygen atoms in total. The number of nitrogens with zero attached hydrogens (tertiary/aromatic N) is 1. The summed E-state index contributed by atoms with van der Waals surface area (Å²) in [5.41, 5.74) is 0. The van der Waals surface area contributed by atoms with Crippen LogP contribution in [0.25, 0.3) is 0 Å². The number of nitrogens with two attached hydrogens (primary N) is 1. The summed E-state index contributed by atoms with van der Waals surface area (Å²) in [5, 5.41) is 0. The normalized spacial score (nSPS) is 7.73. The Balaban J connectivity index is 0.000000187. The molecule has 0 unspecified atom stereocenters. The lowest BCUT2D eigenvalue weighted by molar-refractivity contribution is -0.128. The maximum atomic E-state index is 9.18.